The first-order valence-corrected chi connectivity index (χ1v) is 10.1. The van der Waals surface area contributed by atoms with Gasteiger partial charge in [-0.3, -0.25) is 4.79 Å². The summed E-state index contributed by atoms with van der Waals surface area (Å²) in [5, 5.41) is 15.1. The molecule has 1 aromatic heterocycles. The van der Waals surface area contributed by atoms with Crippen LogP contribution in [-0.2, 0) is 4.79 Å². The fraction of sp³-hybridized carbons (Fsp3) is 0.111. The minimum absolute atomic E-state index is 0.0675. The van der Waals surface area contributed by atoms with Crippen LogP contribution in [0.2, 0.25) is 5.02 Å². The third-order valence-corrected chi connectivity index (χ3v) is 4.77. The summed E-state index contributed by atoms with van der Waals surface area (Å²) in [6.45, 7) is 0. The standard InChI is InChI=1S/C18H15ClF3N7O2S/c19-12-3-1-2-11(8-12)9-24-26-16-27-28-17(29(16)23)32-10-15(30)25-13-4-6-14(7-5-13)31-18(20,21)22/h1-9H,10,23H2,(H,25,30)(H,26,27)/b24-9+. The van der Waals surface area contributed by atoms with Crippen molar-refractivity contribution in [3.63, 3.8) is 0 Å². The second kappa shape index (κ2) is 10.2. The number of thioether (sulfide) groups is 1. The summed E-state index contributed by atoms with van der Waals surface area (Å²) >= 11 is 6.91. The van der Waals surface area contributed by atoms with E-state index in [9.17, 15) is 18.0 Å². The number of amides is 1. The largest absolute Gasteiger partial charge is 0.573 e. The molecule has 0 saturated heterocycles. The number of nitrogens with one attached hydrogen (secondary N) is 2. The van der Waals surface area contributed by atoms with Crippen LogP contribution in [-0.4, -0.2) is 39.1 Å². The van der Waals surface area contributed by atoms with Crippen molar-refractivity contribution < 1.29 is 22.7 Å². The van der Waals surface area contributed by atoms with Crippen LogP contribution in [0.4, 0.5) is 24.8 Å². The van der Waals surface area contributed by atoms with E-state index in [1.807, 2.05) is 0 Å². The Hall–Kier alpha value is -3.45. The van der Waals surface area contributed by atoms with Crippen molar-refractivity contribution in [1.29, 1.82) is 0 Å². The molecule has 0 radical (unpaired) electrons. The Balaban J connectivity index is 1.49. The molecule has 3 aromatic rings. The zero-order chi connectivity index (χ0) is 23.1. The van der Waals surface area contributed by atoms with Crippen molar-refractivity contribution in [2.75, 3.05) is 22.3 Å². The van der Waals surface area contributed by atoms with Gasteiger partial charge in [0, 0.05) is 10.7 Å². The van der Waals surface area contributed by atoms with E-state index >= 15 is 0 Å². The molecule has 9 nitrogen and oxygen atoms in total. The number of aromatic nitrogens is 3. The number of ether oxygens (including phenoxy) is 1. The lowest BCUT2D eigenvalue weighted by Gasteiger charge is -2.09. The van der Waals surface area contributed by atoms with Crippen LogP contribution < -0.4 is 21.3 Å². The number of alkyl halides is 3. The van der Waals surface area contributed by atoms with E-state index in [-0.39, 0.29) is 22.6 Å². The van der Waals surface area contributed by atoms with Crippen molar-refractivity contribution in [1.82, 2.24) is 14.9 Å². The van der Waals surface area contributed by atoms with Gasteiger partial charge in [-0.05, 0) is 42.0 Å². The summed E-state index contributed by atoms with van der Waals surface area (Å²) in [5.74, 6) is 5.16. The van der Waals surface area contributed by atoms with Crippen molar-refractivity contribution in [3.8, 4) is 5.75 Å². The fourth-order valence-corrected chi connectivity index (χ4v) is 3.13. The Morgan fingerprint density at radius 1 is 1.25 bits per heavy atom. The maximum atomic E-state index is 12.2. The topological polar surface area (TPSA) is 119 Å². The van der Waals surface area contributed by atoms with E-state index in [1.165, 1.54) is 18.3 Å². The summed E-state index contributed by atoms with van der Waals surface area (Å²) in [6.07, 6.45) is -3.26. The first-order chi connectivity index (χ1) is 15.2. The van der Waals surface area contributed by atoms with E-state index in [2.05, 4.69) is 30.8 Å². The number of hydrogen-bond acceptors (Lipinski definition) is 8. The van der Waals surface area contributed by atoms with Crippen LogP contribution in [0, 0.1) is 0 Å². The maximum Gasteiger partial charge on any atom is 0.573 e. The van der Waals surface area contributed by atoms with Gasteiger partial charge in [0.15, 0.2) is 0 Å². The summed E-state index contributed by atoms with van der Waals surface area (Å²) < 4.78 is 41.4. The van der Waals surface area contributed by atoms with E-state index in [4.69, 9.17) is 17.4 Å². The Bertz CT molecular complexity index is 1110. The molecule has 0 aliphatic carbocycles. The molecule has 0 aliphatic heterocycles. The third kappa shape index (κ3) is 7.06. The van der Waals surface area contributed by atoms with Gasteiger partial charge in [-0.25, -0.2) is 10.1 Å². The lowest BCUT2D eigenvalue weighted by atomic mass is 10.2. The lowest BCUT2D eigenvalue weighted by molar-refractivity contribution is -0.274. The molecule has 0 unspecified atom stereocenters. The highest BCUT2D eigenvalue weighted by Gasteiger charge is 2.30. The van der Waals surface area contributed by atoms with Crippen molar-refractivity contribution in [2.24, 2.45) is 5.10 Å². The Kier molecular flexibility index (Phi) is 7.43. The number of carbonyl (C=O) groups excluding carboxylic acids is 1. The molecule has 0 saturated carbocycles. The highest BCUT2D eigenvalue weighted by Crippen LogP contribution is 2.24. The predicted octanol–water partition coefficient (Wildman–Crippen LogP) is 3.72. The van der Waals surface area contributed by atoms with E-state index in [0.29, 0.717) is 10.7 Å². The van der Waals surface area contributed by atoms with Crippen LogP contribution in [0.1, 0.15) is 5.56 Å². The first-order valence-electron chi connectivity index (χ1n) is 8.73. The first kappa shape index (κ1) is 23.2. The number of carbonyl (C=O) groups is 1. The van der Waals surface area contributed by atoms with Gasteiger partial charge in [0.1, 0.15) is 5.75 Å². The number of nitrogen functional groups attached to an aromatic ring is 1. The molecule has 1 amide bonds. The normalized spacial score (nSPS) is 11.5. The second-order valence-electron chi connectivity index (χ2n) is 6.01. The summed E-state index contributed by atoms with van der Waals surface area (Å²) in [6, 6.07) is 11.8. The molecule has 0 atom stereocenters. The zero-order valence-corrected chi connectivity index (χ0v) is 17.6. The van der Waals surface area contributed by atoms with E-state index in [0.717, 1.165) is 34.1 Å². The van der Waals surface area contributed by atoms with Gasteiger partial charge in [-0.15, -0.1) is 23.4 Å². The lowest BCUT2D eigenvalue weighted by Crippen LogP contribution is -2.18. The van der Waals surface area contributed by atoms with Crippen LogP contribution in [0.5, 0.6) is 5.75 Å². The monoisotopic (exact) mass is 485 g/mol. The van der Waals surface area contributed by atoms with Gasteiger partial charge in [0.25, 0.3) is 5.95 Å². The van der Waals surface area contributed by atoms with Crippen LogP contribution >= 0.6 is 23.4 Å². The van der Waals surface area contributed by atoms with Gasteiger partial charge in [0.05, 0.1) is 12.0 Å². The molecule has 0 fully saturated rings. The number of rotatable bonds is 8. The SMILES string of the molecule is Nn1c(N/N=C/c2cccc(Cl)c2)nnc1SCC(=O)Nc1ccc(OC(F)(F)F)cc1. The number of halogens is 4. The highest BCUT2D eigenvalue weighted by atomic mass is 35.5. The average molecular weight is 486 g/mol. The number of hydrazone groups is 1. The number of benzene rings is 2. The molecule has 32 heavy (non-hydrogen) atoms. The number of hydrogen-bond donors (Lipinski definition) is 3. The smallest absolute Gasteiger partial charge is 0.406 e. The van der Waals surface area contributed by atoms with Crippen molar-refractivity contribution in [2.45, 2.75) is 11.5 Å². The summed E-state index contributed by atoms with van der Waals surface area (Å²) in [5.41, 5.74) is 3.70. The third-order valence-electron chi connectivity index (χ3n) is 3.60. The van der Waals surface area contributed by atoms with Gasteiger partial charge in [-0.2, -0.15) is 5.10 Å². The molecule has 0 spiro atoms. The quantitative estimate of drug-likeness (QED) is 0.192. The van der Waals surface area contributed by atoms with Crippen LogP contribution in [0.15, 0.2) is 58.8 Å². The van der Waals surface area contributed by atoms with Crippen molar-refractivity contribution in [3.05, 3.63) is 59.1 Å². The number of nitrogens with two attached hydrogens (primary N) is 1. The Labute approximate surface area is 188 Å². The zero-order valence-electron chi connectivity index (χ0n) is 16.0. The minimum Gasteiger partial charge on any atom is -0.406 e. The number of nitrogens with zero attached hydrogens (tertiary/aromatic N) is 4. The van der Waals surface area contributed by atoms with Gasteiger partial charge in [0.2, 0.25) is 11.1 Å². The molecule has 14 heteroatoms. The predicted molar refractivity (Wildman–Crippen MR) is 115 cm³/mol. The molecule has 0 aliphatic rings. The second-order valence-corrected chi connectivity index (χ2v) is 7.39. The van der Waals surface area contributed by atoms with E-state index < -0.39 is 12.3 Å². The Morgan fingerprint density at radius 3 is 2.69 bits per heavy atom. The molecule has 4 N–H and O–H groups in total. The molecule has 0 bridgehead atoms. The Morgan fingerprint density at radius 2 is 2.00 bits per heavy atom. The molecular weight excluding hydrogens is 471 g/mol. The number of anilines is 2. The molecule has 3 rings (SSSR count). The summed E-state index contributed by atoms with van der Waals surface area (Å²) in [4.78, 5) is 12.1. The summed E-state index contributed by atoms with van der Waals surface area (Å²) in [7, 11) is 0. The van der Waals surface area contributed by atoms with Gasteiger partial charge >= 0.3 is 6.36 Å². The highest BCUT2D eigenvalue weighted by molar-refractivity contribution is 7.99. The molecule has 1 heterocycles. The maximum absolute atomic E-state index is 12.2. The van der Waals surface area contributed by atoms with Gasteiger partial charge in [-0.1, -0.05) is 35.5 Å². The van der Waals surface area contributed by atoms with Crippen LogP contribution in [0.25, 0.3) is 0 Å². The minimum atomic E-state index is -4.78. The van der Waals surface area contributed by atoms with Gasteiger partial charge < -0.3 is 15.9 Å². The van der Waals surface area contributed by atoms with E-state index in [1.54, 1.807) is 24.3 Å². The van der Waals surface area contributed by atoms with Crippen molar-refractivity contribution >= 4 is 47.1 Å². The molecular formula is C18H15ClF3N7O2S. The molecule has 168 valence electrons. The van der Waals surface area contributed by atoms with Crippen LogP contribution in [0.3, 0.4) is 0 Å². The molecule has 2 aromatic carbocycles. The average Bonchev–Trinajstić information content (AvgIpc) is 3.07. The fourth-order valence-electron chi connectivity index (χ4n) is 2.27.